The van der Waals surface area contributed by atoms with Gasteiger partial charge in [0.2, 0.25) is 0 Å². The lowest BCUT2D eigenvalue weighted by atomic mass is 10.1. The second-order valence-corrected chi connectivity index (χ2v) is 4.56. The van der Waals surface area contributed by atoms with Crippen molar-refractivity contribution < 1.29 is 19.2 Å². The summed E-state index contributed by atoms with van der Waals surface area (Å²) in [6.07, 6.45) is -0.959. The smallest absolute Gasteiger partial charge is 0.292 e. The third kappa shape index (κ3) is 3.50. The molecule has 2 aromatic carbocycles. The van der Waals surface area contributed by atoms with Gasteiger partial charge in [0.25, 0.3) is 5.69 Å². The van der Waals surface area contributed by atoms with Crippen molar-refractivity contribution in [3.8, 4) is 5.75 Å². The molecule has 0 aliphatic carbocycles. The van der Waals surface area contributed by atoms with Crippen LogP contribution in [0.2, 0.25) is 0 Å². The molecule has 0 saturated carbocycles. The zero-order valence-electron chi connectivity index (χ0n) is 11.8. The molecular weight excluding hydrogens is 291 g/mol. The Kier molecular flexibility index (Phi) is 4.90. The van der Waals surface area contributed by atoms with Crippen molar-refractivity contribution in [2.75, 3.05) is 19.0 Å². The Morgan fingerprint density at radius 3 is 2.77 bits per heavy atom. The minimum Gasteiger partial charge on any atom is -0.496 e. The number of anilines is 1. The Hall–Kier alpha value is -2.67. The first-order chi connectivity index (χ1) is 10.5. The number of methoxy groups -OCH3 is 1. The number of benzene rings is 2. The molecule has 0 aliphatic heterocycles. The molecule has 2 N–H and O–H groups in total. The lowest BCUT2D eigenvalue weighted by Gasteiger charge is -2.16. The average Bonchev–Trinajstić information content (AvgIpc) is 2.52. The van der Waals surface area contributed by atoms with Crippen LogP contribution in [-0.4, -0.2) is 23.7 Å². The molecule has 0 aromatic heterocycles. The molecule has 0 amide bonds. The zero-order chi connectivity index (χ0) is 16.1. The van der Waals surface area contributed by atoms with Crippen molar-refractivity contribution in [3.63, 3.8) is 0 Å². The van der Waals surface area contributed by atoms with E-state index in [1.165, 1.54) is 7.11 Å². The van der Waals surface area contributed by atoms with Gasteiger partial charge >= 0.3 is 0 Å². The van der Waals surface area contributed by atoms with Gasteiger partial charge < -0.3 is 15.2 Å². The van der Waals surface area contributed by atoms with Gasteiger partial charge in [-0.25, -0.2) is 4.39 Å². The molecule has 22 heavy (non-hydrogen) atoms. The Balaban J connectivity index is 2.16. The maximum Gasteiger partial charge on any atom is 0.292 e. The summed E-state index contributed by atoms with van der Waals surface area (Å²) in [5.74, 6) is -0.0922. The first kappa shape index (κ1) is 15.7. The van der Waals surface area contributed by atoms with Crippen LogP contribution >= 0.6 is 0 Å². The minimum atomic E-state index is -0.959. The largest absolute Gasteiger partial charge is 0.496 e. The summed E-state index contributed by atoms with van der Waals surface area (Å²) in [5, 5.41) is 23.8. The Bertz CT molecular complexity index is 678. The van der Waals surface area contributed by atoms with Gasteiger partial charge in [-0.05, 0) is 12.1 Å². The highest BCUT2D eigenvalue weighted by molar-refractivity contribution is 5.61. The van der Waals surface area contributed by atoms with E-state index in [0.717, 1.165) is 18.2 Å². The van der Waals surface area contributed by atoms with E-state index >= 15 is 0 Å². The molecule has 1 atom stereocenters. The number of hydrogen-bond donors (Lipinski definition) is 2. The van der Waals surface area contributed by atoms with Gasteiger partial charge in [0, 0.05) is 24.2 Å². The molecule has 0 bridgehead atoms. The summed E-state index contributed by atoms with van der Waals surface area (Å²) >= 11 is 0. The van der Waals surface area contributed by atoms with Crippen LogP contribution in [0.15, 0.2) is 42.5 Å². The number of nitro benzene ring substituents is 1. The van der Waals surface area contributed by atoms with Gasteiger partial charge in [-0.3, -0.25) is 10.1 Å². The average molecular weight is 306 g/mol. The summed E-state index contributed by atoms with van der Waals surface area (Å²) in [6, 6.07) is 10.0. The molecule has 7 heteroatoms. The van der Waals surface area contributed by atoms with Crippen molar-refractivity contribution in [3.05, 3.63) is 64.0 Å². The number of aliphatic hydroxyl groups excluding tert-OH is 1. The zero-order valence-corrected chi connectivity index (χ0v) is 11.8. The van der Waals surface area contributed by atoms with E-state index in [0.29, 0.717) is 11.3 Å². The van der Waals surface area contributed by atoms with E-state index in [1.807, 2.05) is 0 Å². The predicted octanol–water partition coefficient (Wildman–Crippen LogP) is 2.89. The molecule has 6 nitrogen and oxygen atoms in total. The van der Waals surface area contributed by atoms with E-state index in [1.54, 1.807) is 24.3 Å². The quantitative estimate of drug-likeness (QED) is 0.633. The summed E-state index contributed by atoms with van der Waals surface area (Å²) in [5.41, 5.74) is 0.295. The second kappa shape index (κ2) is 6.86. The summed E-state index contributed by atoms with van der Waals surface area (Å²) in [4.78, 5) is 10.3. The normalized spacial score (nSPS) is 11.8. The van der Waals surface area contributed by atoms with E-state index in [9.17, 15) is 19.6 Å². The molecule has 0 heterocycles. The number of nitro groups is 1. The van der Waals surface area contributed by atoms with Crippen LogP contribution in [-0.2, 0) is 0 Å². The lowest BCUT2D eigenvalue weighted by molar-refractivity contribution is -0.384. The first-order valence-electron chi connectivity index (χ1n) is 6.51. The lowest BCUT2D eigenvalue weighted by Crippen LogP contribution is -2.14. The van der Waals surface area contributed by atoms with Crippen LogP contribution in [0.3, 0.4) is 0 Å². The first-order valence-corrected chi connectivity index (χ1v) is 6.51. The van der Waals surface area contributed by atoms with Crippen LogP contribution in [0.4, 0.5) is 15.8 Å². The van der Waals surface area contributed by atoms with Crippen LogP contribution in [0.1, 0.15) is 11.7 Å². The van der Waals surface area contributed by atoms with Gasteiger partial charge in [-0.15, -0.1) is 0 Å². The standard InChI is InChI=1S/C15H15FN2O4/c1-22-15-5-3-2-4-11(15)14(19)9-17-12-8-10(16)6-7-13(12)18(20)21/h2-8,14,17,19H,9H2,1H3. The van der Waals surface area contributed by atoms with E-state index < -0.39 is 16.8 Å². The van der Waals surface area contributed by atoms with E-state index in [4.69, 9.17) is 4.74 Å². The maximum absolute atomic E-state index is 13.2. The highest BCUT2D eigenvalue weighted by Crippen LogP contribution is 2.28. The van der Waals surface area contributed by atoms with Crippen molar-refractivity contribution in [2.24, 2.45) is 0 Å². The molecule has 0 aliphatic rings. The number of hydrogen-bond acceptors (Lipinski definition) is 5. The van der Waals surface area contributed by atoms with Crippen LogP contribution in [0.25, 0.3) is 0 Å². The van der Waals surface area contributed by atoms with E-state index in [-0.39, 0.29) is 17.9 Å². The summed E-state index contributed by atoms with van der Waals surface area (Å²) in [6.45, 7) is -0.0231. The van der Waals surface area contributed by atoms with Gasteiger partial charge in [-0.2, -0.15) is 0 Å². The van der Waals surface area contributed by atoms with Gasteiger partial charge in [-0.1, -0.05) is 18.2 Å². The number of aliphatic hydroxyl groups is 1. The number of ether oxygens (including phenoxy) is 1. The Morgan fingerprint density at radius 1 is 1.36 bits per heavy atom. The van der Waals surface area contributed by atoms with E-state index in [2.05, 4.69) is 5.32 Å². The number of nitrogens with one attached hydrogen (secondary N) is 1. The molecule has 2 aromatic rings. The number of nitrogens with zero attached hydrogens (tertiary/aromatic N) is 1. The van der Waals surface area contributed by atoms with Crippen LogP contribution in [0.5, 0.6) is 5.75 Å². The minimum absolute atomic E-state index is 0.0129. The summed E-state index contributed by atoms with van der Waals surface area (Å²) < 4.78 is 18.4. The van der Waals surface area contributed by atoms with Crippen LogP contribution in [0, 0.1) is 15.9 Å². The van der Waals surface area contributed by atoms with Gasteiger partial charge in [0.15, 0.2) is 0 Å². The molecule has 0 radical (unpaired) electrons. The summed E-state index contributed by atoms with van der Waals surface area (Å²) in [7, 11) is 1.48. The molecule has 1 unspecified atom stereocenters. The SMILES string of the molecule is COc1ccccc1C(O)CNc1cc(F)ccc1[N+](=O)[O-]. The molecule has 0 spiro atoms. The van der Waals surface area contributed by atoms with Crippen molar-refractivity contribution in [1.29, 1.82) is 0 Å². The number of rotatable bonds is 6. The molecular formula is C15H15FN2O4. The predicted molar refractivity (Wildman–Crippen MR) is 79.5 cm³/mol. The van der Waals surface area contributed by atoms with Crippen molar-refractivity contribution >= 4 is 11.4 Å². The van der Waals surface area contributed by atoms with Crippen molar-refractivity contribution in [1.82, 2.24) is 0 Å². The Labute approximate surface area is 126 Å². The number of para-hydroxylation sites is 1. The topological polar surface area (TPSA) is 84.6 Å². The van der Waals surface area contributed by atoms with Gasteiger partial charge in [0.1, 0.15) is 17.3 Å². The molecule has 116 valence electrons. The fraction of sp³-hybridized carbons (Fsp3) is 0.200. The monoisotopic (exact) mass is 306 g/mol. The Morgan fingerprint density at radius 2 is 2.09 bits per heavy atom. The highest BCUT2D eigenvalue weighted by atomic mass is 19.1. The van der Waals surface area contributed by atoms with Crippen LogP contribution < -0.4 is 10.1 Å². The highest BCUT2D eigenvalue weighted by Gasteiger charge is 2.17. The van der Waals surface area contributed by atoms with Gasteiger partial charge in [0.05, 0.1) is 18.1 Å². The fourth-order valence-electron chi connectivity index (χ4n) is 2.07. The third-order valence-electron chi connectivity index (χ3n) is 3.14. The maximum atomic E-state index is 13.2. The fourth-order valence-corrected chi connectivity index (χ4v) is 2.07. The second-order valence-electron chi connectivity index (χ2n) is 4.56. The third-order valence-corrected chi connectivity index (χ3v) is 3.14. The molecule has 0 saturated heterocycles. The number of halogens is 1. The molecule has 0 fully saturated rings. The van der Waals surface area contributed by atoms with Crippen molar-refractivity contribution in [2.45, 2.75) is 6.10 Å². The molecule has 2 rings (SSSR count).